The molecule has 49 heavy (non-hydrogen) atoms. The second-order valence-electron chi connectivity index (χ2n) is 14.5. The standard InChI is InChI=1S/C47H43NO/c1-48(2)37-25-23-36(24-26-37)47(35-18-10-7-11-19-35)31-28-40-44-43(39-20-12-13-21-42(39)46(44)29-14-4-3-5-15-30-46)41-32-34(33-16-8-6-9-17-33)22-27-38(41)45(40)49-47/h6-13,16-28,31-32H,3-5,14-15,29-30H2,1-2H3. The molecule has 2 nitrogen and oxygen atoms in total. The zero-order valence-electron chi connectivity index (χ0n) is 28.6. The first-order valence-corrected chi connectivity index (χ1v) is 18.1. The first-order valence-electron chi connectivity index (χ1n) is 18.1. The van der Waals surface area contributed by atoms with E-state index in [2.05, 4.69) is 159 Å². The van der Waals surface area contributed by atoms with Gasteiger partial charge in [-0.25, -0.2) is 0 Å². The molecular formula is C47H43NO. The fraction of sp³-hybridized carbons (Fsp3) is 0.234. The molecule has 0 saturated heterocycles. The van der Waals surface area contributed by atoms with Crippen LogP contribution in [-0.4, -0.2) is 14.1 Å². The lowest BCUT2D eigenvalue weighted by molar-refractivity contribution is 0.163. The average molecular weight is 638 g/mol. The van der Waals surface area contributed by atoms with Gasteiger partial charge in [-0.1, -0.05) is 141 Å². The van der Waals surface area contributed by atoms with Crippen molar-refractivity contribution in [3.63, 3.8) is 0 Å². The molecular weight excluding hydrogens is 595 g/mol. The minimum atomic E-state index is -0.766. The van der Waals surface area contributed by atoms with Gasteiger partial charge in [0, 0.05) is 47.3 Å². The van der Waals surface area contributed by atoms with E-state index in [4.69, 9.17) is 4.74 Å². The molecule has 2 heteroatoms. The number of hydrogen-bond donors (Lipinski definition) is 0. The van der Waals surface area contributed by atoms with Crippen LogP contribution in [-0.2, 0) is 11.0 Å². The van der Waals surface area contributed by atoms with Crippen molar-refractivity contribution in [1.82, 2.24) is 0 Å². The molecule has 1 saturated carbocycles. The van der Waals surface area contributed by atoms with Gasteiger partial charge < -0.3 is 9.64 Å². The van der Waals surface area contributed by atoms with Crippen molar-refractivity contribution in [2.45, 2.75) is 56.0 Å². The monoisotopic (exact) mass is 637 g/mol. The molecule has 9 rings (SSSR count). The number of benzene rings is 6. The van der Waals surface area contributed by atoms with Crippen LogP contribution < -0.4 is 9.64 Å². The number of hydrogen-bond acceptors (Lipinski definition) is 2. The number of anilines is 1. The van der Waals surface area contributed by atoms with Crippen molar-refractivity contribution < 1.29 is 4.74 Å². The summed E-state index contributed by atoms with van der Waals surface area (Å²) in [4.78, 5) is 2.15. The van der Waals surface area contributed by atoms with Crippen LogP contribution in [0.1, 0.15) is 72.8 Å². The van der Waals surface area contributed by atoms with Crippen LogP contribution in [0.25, 0.3) is 39.1 Å². The molecule has 1 fully saturated rings. The summed E-state index contributed by atoms with van der Waals surface area (Å²) < 4.78 is 7.66. The lowest BCUT2D eigenvalue weighted by atomic mass is 9.67. The van der Waals surface area contributed by atoms with Crippen molar-refractivity contribution in [3.05, 3.63) is 161 Å². The quantitative estimate of drug-likeness (QED) is 0.191. The zero-order valence-corrected chi connectivity index (χ0v) is 28.6. The van der Waals surface area contributed by atoms with Gasteiger partial charge in [-0.05, 0) is 82.0 Å². The number of nitrogens with zero attached hydrogens (tertiary/aromatic N) is 1. The normalized spacial score (nSPS) is 19.0. The molecule has 2 aliphatic carbocycles. The maximum atomic E-state index is 7.66. The van der Waals surface area contributed by atoms with Gasteiger partial charge in [-0.15, -0.1) is 0 Å². The Kier molecular flexibility index (Phi) is 7.23. The Hall–Kier alpha value is -5.08. The molecule has 1 unspecified atom stereocenters. The Morgan fingerprint density at radius 1 is 0.592 bits per heavy atom. The average Bonchev–Trinajstić information content (AvgIpc) is 3.44. The van der Waals surface area contributed by atoms with Crippen molar-refractivity contribution in [1.29, 1.82) is 0 Å². The number of ether oxygens (including phenoxy) is 1. The summed E-state index contributed by atoms with van der Waals surface area (Å²) in [5.74, 6) is 1.01. The fourth-order valence-electron chi connectivity index (χ4n) is 9.18. The first-order chi connectivity index (χ1) is 24.1. The molecule has 0 aromatic heterocycles. The van der Waals surface area contributed by atoms with E-state index < -0.39 is 5.60 Å². The summed E-state index contributed by atoms with van der Waals surface area (Å²) in [6.07, 6.45) is 13.6. The Labute approximate surface area is 290 Å². The van der Waals surface area contributed by atoms with Crippen LogP contribution in [0.2, 0.25) is 0 Å². The lowest BCUT2D eigenvalue weighted by Gasteiger charge is -2.40. The highest BCUT2D eigenvalue weighted by molar-refractivity contribution is 6.09. The van der Waals surface area contributed by atoms with E-state index in [-0.39, 0.29) is 5.41 Å². The summed E-state index contributed by atoms with van der Waals surface area (Å²) in [6, 6.07) is 46.9. The van der Waals surface area contributed by atoms with Gasteiger partial charge >= 0.3 is 0 Å². The van der Waals surface area contributed by atoms with Crippen LogP contribution in [0.15, 0.2) is 133 Å². The molecule has 6 aromatic carbocycles. The third kappa shape index (κ3) is 4.68. The van der Waals surface area contributed by atoms with Gasteiger partial charge in [0.2, 0.25) is 0 Å². The van der Waals surface area contributed by atoms with Crippen LogP contribution in [0, 0.1) is 0 Å². The van der Waals surface area contributed by atoms with E-state index in [0.29, 0.717) is 0 Å². The number of rotatable bonds is 4. The topological polar surface area (TPSA) is 12.5 Å². The van der Waals surface area contributed by atoms with Crippen molar-refractivity contribution in [3.8, 4) is 28.0 Å². The highest BCUT2D eigenvalue weighted by Gasteiger charge is 2.48. The van der Waals surface area contributed by atoms with Crippen LogP contribution in [0.3, 0.4) is 0 Å². The highest BCUT2D eigenvalue weighted by Crippen LogP contribution is 2.61. The van der Waals surface area contributed by atoms with Gasteiger partial charge in [0.15, 0.2) is 5.60 Å². The highest BCUT2D eigenvalue weighted by atomic mass is 16.5. The maximum Gasteiger partial charge on any atom is 0.178 e. The van der Waals surface area contributed by atoms with E-state index in [1.807, 2.05) is 0 Å². The predicted molar refractivity (Wildman–Crippen MR) is 206 cm³/mol. The summed E-state index contributed by atoms with van der Waals surface area (Å²) in [5.41, 5.74) is 12.2. The summed E-state index contributed by atoms with van der Waals surface area (Å²) in [5, 5.41) is 2.47. The molecule has 3 aliphatic rings. The van der Waals surface area contributed by atoms with E-state index >= 15 is 0 Å². The molecule has 1 atom stereocenters. The van der Waals surface area contributed by atoms with Gasteiger partial charge in [-0.2, -0.15) is 0 Å². The van der Waals surface area contributed by atoms with E-state index in [0.717, 1.165) is 16.9 Å². The minimum Gasteiger partial charge on any atom is -0.472 e. The van der Waals surface area contributed by atoms with Crippen molar-refractivity contribution in [2.75, 3.05) is 19.0 Å². The molecule has 0 bridgehead atoms. The molecule has 242 valence electrons. The molecule has 0 N–H and O–H groups in total. The second-order valence-corrected chi connectivity index (χ2v) is 14.5. The molecule has 0 amide bonds. The number of fused-ring (bicyclic) bond motifs is 10. The Bertz CT molecular complexity index is 2190. The van der Waals surface area contributed by atoms with E-state index in [9.17, 15) is 0 Å². The van der Waals surface area contributed by atoms with Gasteiger partial charge in [-0.3, -0.25) is 0 Å². The van der Waals surface area contributed by atoms with Gasteiger partial charge in [0.1, 0.15) is 5.75 Å². The van der Waals surface area contributed by atoms with Crippen molar-refractivity contribution in [2.24, 2.45) is 0 Å². The molecule has 1 heterocycles. The third-order valence-corrected chi connectivity index (χ3v) is 11.6. The van der Waals surface area contributed by atoms with Crippen LogP contribution in [0.5, 0.6) is 5.75 Å². The largest absolute Gasteiger partial charge is 0.472 e. The Morgan fingerprint density at radius 3 is 1.98 bits per heavy atom. The molecule has 6 aromatic rings. The SMILES string of the molecule is CN(C)c1ccc(C2(c3ccccc3)C=Cc3c4c(c5cc(-c6ccccc6)ccc5c3O2)-c2ccccc2C42CCCCCCC2)cc1. The minimum absolute atomic E-state index is 0.0266. The van der Waals surface area contributed by atoms with Crippen LogP contribution >= 0.6 is 0 Å². The Morgan fingerprint density at radius 2 is 1.24 bits per heavy atom. The summed E-state index contributed by atoms with van der Waals surface area (Å²) in [7, 11) is 4.18. The second kappa shape index (κ2) is 11.8. The summed E-state index contributed by atoms with van der Waals surface area (Å²) >= 11 is 0. The molecule has 0 radical (unpaired) electrons. The van der Waals surface area contributed by atoms with Crippen molar-refractivity contribution >= 4 is 22.5 Å². The Balaban J connectivity index is 1.36. The fourth-order valence-corrected chi connectivity index (χ4v) is 9.18. The zero-order chi connectivity index (χ0) is 33.0. The van der Waals surface area contributed by atoms with Gasteiger partial charge in [0.25, 0.3) is 0 Å². The van der Waals surface area contributed by atoms with Gasteiger partial charge in [0.05, 0.1) is 0 Å². The summed E-state index contributed by atoms with van der Waals surface area (Å²) in [6.45, 7) is 0. The first kappa shape index (κ1) is 30.0. The maximum absolute atomic E-state index is 7.66. The van der Waals surface area contributed by atoms with E-state index in [1.165, 1.54) is 100 Å². The predicted octanol–water partition coefficient (Wildman–Crippen LogP) is 11.9. The smallest absolute Gasteiger partial charge is 0.178 e. The molecule has 1 aliphatic heterocycles. The third-order valence-electron chi connectivity index (χ3n) is 11.6. The van der Waals surface area contributed by atoms with Crippen LogP contribution in [0.4, 0.5) is 5.69 Å². The lowest BCUT2D eigenvalue weighted by Crippen LogP contribution is -2.35. The van der Waals surface area contributed by atoms with E-state index in [1.54, 1.807) is 0 Å². The molecule has 1 spiro atoms.